The van der Waals surface area contributed by atoms with Crippen LogP contribution in [0.25, 0.3) is 0 Å². The Morgan fingerprint density at radius 2 is 1.78 bits per heavy atom. The lowest BCUT2D eigenvalue weighted by Crippen LogP contribution is -2.40. The lowest BCUT2D eigenvalue weighted by molar-refractivity contribution is 0.232. The molecule has 6 heteroatoms. The van der Waals surface area contributed by atoms with Gasteiger partial charge >= 0.3 is 0 Å². The lowest BCUT2D eigenvalue weighted by Gasteiger charge is -2.32. The Bertz CT molecular complexity index is 733. The first-order valence-electron chi connectivity index (χ1n) is 9.20. The maximum Gasteiger partial charge on any atom is 0.195 e. The second kappa shape index (κ2) is 9.44. The number of piperidine rings is 1. The minimum Gasteiger partial charge on any atom is -0.611 e. The van der Waals surface area contributed by atoms with Crippen LogP contribution in [0, 0.1) is 5.82 Å². The van der Waals surface area contributed by atoms with Crippen molar-refractivity contribution in [2.24, 2.45) is 0 Å². The molecule has 2 aromatic rings. The maximum atomic E-state index is 13.0. The Balaban J connectivity index is 1.53. The summed E-state index contributed by atoms with van der Waals surface area (Å²) in [7, 11) is 3.20. The molecule has 0 aromatic heterocycles. The van der Waals surface area contributed by atoms with Gasteiger partial charge in [0.15, 0.2) is 10.6 Å². The average molecular weight is 392 g/mol. The van der Waals surface area contributed by atoms with Gasteiger partial charge in [-0.25, -0.2) is 4.39 Å². The molecule has 1 saturated heterocycles. The SMILES string of the molecule is COc1ccc([S+]([O-])C2CCN(CCc3ccc(F)cc3)CC2)c(OC)c1. The minimum atomic E-state index is -1.10. The van der Waals surface area contributed by atoms with Crippen LogP contribution in [-0.4, -0.2) is 48.6 Å². The Morgan fingerprint density at radius 3 is 2.41 bits per heavy atom. The lowest BCUT2D eigenvalue weighted by atomic mass is 10.1. The summed E-state index contributed by atoms with van der Waals surface area (Å²) in [5.41, 5.74) is 1.14. The van der Waals surface area contributed by atoms with E-state index in [1.54, 1.807) is 20.3 Å². The number of hydrogen-bond donors (Lipinski definition) is 0. The van der Waals surface area contributed by atoms with Crippen molar-refractivity contribution >= 4 is 11.2 Å². The molecule has 1 atom stereocenters. The molecule has 1 unspecified atom stereocenters. The van der Waals surface area contributed by atoms with E-state index in [4.69, 9.17) is 9.47 Å². The van der Waals surface area contributed by atoms with Crippen LogP contribution in [0.5, 0.6) is 11.5 Å². The highest BCUT2D eigenvalue weighted by molar-refractivity contribution is 7.92. The van der Waals surface area contributed by atoms with Gasteiger partial charge in [-0.3, -0.25) is 0 Å². The summed E-state index contributed by atoms with van der Waals surface area (Å²) in [5, 5.41) is 0.134. The summed E-state index contributed by atoms with van der Waals surface area (Å²) < 4.78 is 36.6. The number of nitrogens with zero attached hydrogens (tertiary/aromatic N) is 1. The van der Waals surface area contributed by atoms with Gasteiger partial charge in [0.2, 0.25) is 0 Å². The van der Waals surface area contributed by atoms with Crippen LogP contribution in [0.4, 0.5) is 4.39 Å². The topological polar surface area (TPSA) is 44.8 Å². The Labute approximate surface area is 163 Å². The van der Waals surface area contributed by atoms with Crippen LogP contribution in [0.1, 0.15) is 18.4 Å². The van der Waals surface area contributed by atoms with Crippen molar-refractivity contribution < 1.29 is 18.4 Å². The Kier molecular flexibility index (Phi) is 6.99. The van der Waals surface area contributed by atoms with Crippen LogP contribution >= 0.6 is 0 Å². The predicted octanol–water partition coefficient (Wildman–Crippen LogP) is 3.66. The molecule has 1 aliphatic heterocycles. The quantitative estimate of drug-likeness (QED) is 0.676. The number of benzene rings is 2. The standard InChI is InChI=1S/C21H26FNO3S/c1-25-18-7-8-21(20(15-18)26-2)27(24)19-10-13-23(14-11-19)12-9-16-3-5-17(22)6-4-16/h3-8,15,19H,9-14H2,1-2H3. The van der Waals surface area contributed by atoms with Crippen molar-refractivity contribution in [2.45, 2.75) is 29.4 Å². The van der Waals surface area contributed by atoms with E-state index < -0.39 is 11.2 Å². The molecule has 0 N–H and O–H groups in total. The molecule has 4 nitrogen and oxygen atoms in total. The molecule has 1 aliphatic rings. The fourth-order valence-corrected chi connectivity index (χ4v) is 4.95. The van der Waals surface area contributed by atoms with E-state index in [1.807, 2.05) is 24.3 Å². The number of ether oxygens (including phenoxy) is 2. The predicted molar refractivity (Wildman–Crippen MR) is 106 cm³/mol. The van der Waals surface area contributed by atoms with Crippen LogP contribution in [0.2, 0.25) is 0 Å². The van der Waals surface area contributed by atoms with Gasteiger partial charge in [-0.2, -0.15) is 0 Å². The van der Waals surface area contributed by atoms with Crippen LogP contribution in [-0.2, 0) is 17.6 Å². The number of rotatable bonds is 7. The fourth-order valence-electron chi connectivity index (χ4n) is 3.41. The number of likely N-dealkylation sites (tertiary alicyclic amines) is 1. The van der Waals surface area contributed by atoms with Crippen molar-refractivity contribution in [3.05, 3.63) is 53.8 Å². The van der Waals surface area contributed by atoms with E-state index in [9.17, 15) is 8.94 Å². The molecule has 1 fully saturated rings. The molecule has 0 amide bonds. The smallest absolute Gasteiger partial charge is 0.195 e. The van der Waals surface area contributed by atoms with Gasteiger partial charge in [0.05, 0.1) is 14.2 Å². The Morgan fingerprint density at radius 1 is 1.07 bits per heavy atom. The monoisotopic (exact) mass is 391 g/mol. The number of methoxy groups -OCH3 is 2. The third-order valence-electron chi connectivity index (χ3n) is 5.05. The van der Waals surface area contributed by atoms with E-state index in [2.05, 4.69) is 4.90 Å². The molecule has 0 bridgehead atoms. The molecule has 1 heterocycles. The molecular weight excluding hydrogens is 365 g/mol. The van der Waals surface area contributed by atoms with Crippen molar-refractivity contribution in [3.8, 4) is 11.5 Å². The zero-order chi connectivity index (χ0) is 19.2. The molecule has 27 heavy (non-hydrogen) atoms. The molecular formula is C21H26FNO3S. The van der Waals surface area contributed by atoms with E-state index in [1.165, 1.54) is 12.1 Å². The second-order valence-corrected chi connectivity index (χ2v) is 8.43. The maximum absolute atomic E-state index is 13.0. The summed E-state index contributed by atoms with van der Waals surface area (Å²) in [4.78, 5) is 3.13. The minimum absolute atomic E-state index is 0.134. The van der Waals surface area contributed by atoms with Crippen molar-refractivity contribution in [1.82, 2.24) is 4.90 Å². The van der Waals surface area contributed by atoms with Gasteiger partial charge in [-0.15, -0.1) is 0 Å². The third-order valence-corrected chi connectivity index (χ3v) is 6.90. The largest absolute Gasteiger partial charge is 0.611 e. The van der Waals surface area contributed by atoms with Crippen molar-refractivity contribution in [3.63, 3.8) is 0 Å². The first kappa shape index (κ1) is 20.0. The second-order valence-electron chi connectivity index (χ2n) is 6.73. The molecule has 3 rings (SSSR count). The highest BCUT2D eigenvalue weighted by Crippen LogP contribution is 2.33. The van der Waals surface area contributed by atoms with Gasteiger partial charge in [-0.05, 0) is 41.4 Å². The molecule has 146 valence electrons. The van der Waals surface area contributed by atoms with Gasteiger partial charge in [0.1, 0.15) is 16.8 Å². The summed E-state index contributed by atoms with van der Waals surface area (Å²) in [6.45, 7) is 2.79. The van der Waals surface area contributed by atoms with E-state index in [-0.39, 0.29) is 11.1 Å². The third kappa shape index (κ3) is 5.15. The van der Waals surface area contributed by atoms with Gasteiger partial charge in [0, 0.05) is 44.6 Å². The van der Waals surface area contributed by atoms with Crippen molar-refractivity contribution in [1.29, 1.82) is 0 Å². The summed E-state index contributed by atoms with van der Waals surface area (Å²) in [5.74, 6) is 1.12. The molecule has 0 radical (unpaired) electrons. The van der Waals surface area contributed by atoms with Crippen LogP contribution in [0.15, 0.2) is 47.4 Å². The Hall–Kier alpha value is -1.76. The van der Waals surface area contributed by atoms with Gasteiger partial charge in [-0.1, -0.05) is 12.1 Å². The summed E-state index contributed by atoms with van der Waals surface area (Å²) >= 11 is -1.10. The number of halogens is 1. The molecule has 2 aromatic carbocycles. The highest BCUT2D eigenvalue weighted by atomic mass is 32.2. The van der Waals surface area contributed by atoms with Gasteiger partial charge < -0.3 is 18.9 Å². The van der Waals surface area contributed by atoms with Crippen LogP contribution in [0.3, 0.4) is 0 Å². The van der Waals surface area contributed by atoms with Crippen LogP contribution < -0.4 is 9.47 Å². The van der Waals surface area contributed by atoms with E-state index in [0.29, 0.717) is 11.5 Å². The van der Waals surface area contributed by atoms with Crippen molar-refractivity contribution in [2.75, 3.05) is 33.9 Å². The molecule has 0 spiro atoms. The fraction of sp³-hybridized carbons (Fsp3) is 0.429. The first-order valence-corrected chi connectivity index (χ1v) is 10.4. The normalized spacial score (nSPS) is 16.9. The zero-order valence-corrected chi connectivity index (χ0v) is 16.6. The zero-order valence-electron chi connectivity index (χ0n) is 15.8. The van der Waals surface area contributed by atoms with E-state index in [0.717, 1.165) is 49.4 Å². The highest BCUT2D eigenvalue weighted by Gasteiger charge is 2.31. The molecule has 0 saturated carbocycles. The average Bonchev–Trinajstić information content (AvgIpc) is 2.72. The summed E-state index contributed by atoms with van der Waals surface area (Å²) in [6.07, 6.45) is 2.69. The van der Waals surface area contributed by atoms with E-state index >= 15 is 0 Å². The first-order chi connectivity index (χ1) is 13.1. The summed E-state index contributed by atoms with van der Waals surface area (Å²) in [6, 6.07) is 12.1. The van der Waals surface area contributed by atoms with Gasteiger partial charge in [0.25, 0.3) is 0 Å². The molecule has 0 aliphatic carbocycles. The number of hydrogen-bond acceptors (Lipinski definition) is 4.